The fourth-order valence-electron chi connectivity index (χ4n) is 2.12. The SMILES string of the molecule is CCCNC1COCC1C(=O)NCCn1ccnn1. The van der Waals surface area contributed by atoms with Gasteiger partial charge in [0.1, 0.15) is 0 Å². The van der Waals surface area contributed by atoms with Gasteiger partial charge in [0, 0.05) is 18.8 Å². The lowest BCUT2D eigenvalue weighted by Gasteiger charge is -2.18. The predicted molar refractivity (Wildman–Crippen MR) is 69.4 cm³/mol. The van der Waals surface area contributed by atoms with Gasteiger partial charge in [0.2, 0.25) is 5.91 Å². The number of aromatic nitrogens is 3. The third-order valence-corrected chi connectivity index (χ3v) is 3.19. The molecule has 2 atom stereocenters. The fourth-order valence-corrected chi connectivity index (χ4v) is 2.12. The molecule has 1 aliphatic heterocycles. The van der Waals surface area contributed by atoms with Crippen LogP contribution in [-0.4, -0.2) is 53.2 Å². The van der Waals surface area contributed by atoms with E-state index in [0.717, 1.165) is 13.0 Å². The summed E-state index contributed by atoms with van der Waals surface area (Å²) in [5.41, 5.74) is 0. The van der Waals surface area contributed by atoms with Crippen LogP contribution < -0.4 is 10.6 Å². The Bertz CT molecular complexity index is 381. The largest absolute Gasteiger partial charge is 0.379 e. The van der Waals surface area contributed by atoms with Gasteiger partial charge in [0.05, 0.1) is 31.9 Å². The third kappa shape index (κ3) is 4.00. The maximum absolute atomic E-state index is 12.1. The average molecular weight is 267 g/mol. The van der Waals surface area contributed by atoms with Crippen LogP contribution in [0.3, 0.4) is 0 Å². The van der Waals surface area contributed by atoms with Crippen LogP contribution in [0.4, 0.5) is 0 Å². The highest BCUT2D eigenvalue weighted by molar-refractivity contribution is 5.79. The Morgan fingerprint density at radius 1 is 1.47 bits per heavy atom. The Labute approximate surface area is 112 Å². The highest BCUT2D eigenvalue weighted by Gasteiger charge is 2.33. The van der Waals surface area contributed by atoms with Gasteiger partial charge in [-0.3, -0.25) is 9.48 Å². The number of hydrogen-bond donors (Lipinski definition) is 2. The molecule has 19 heavy (non-hydrogen) atoms. The van der Waals surface area contributed by atoms with Crippen molar-refractivity contribution in [1.82, 2.24) is 25.6 Å². The molecule has 2 rings (SSSR count). The van der Waals surface area contributed by atoms with Crippen LogP contribution in [0, 0.1) is 5.92 Å². The predicted octanol–water partition coefficient (Wildman–Crippen LogP) is -0.591. The van der Waals surface area contributed by atoms with Crippen LogP contribution >= 0.6 is 0 Å². The lowest BCUT2D eigenvalue weighted by Crippen LogP contribution is -2.44. The van der Waals surface area contributed by atoms with Crippen molar-refractivity contribution in [3.63, 3.8) is 0 Å². The van der Waals surface area contributed by atoms with E-state index in [9.17, 15) is 4.79 Å². The molecule has 106 valence electrons. The minimum atomic E-state index is -0.0951. The van der Waals surface area contributed by atoms with Crippen LogP contribution in [0.15, 0.2) is 12.4 Å². The Morgan fingerprint density at radius 2 is 2.37 bits per heavy atom. The van der Waals surface area contributed by atoms with Crippen LogP contribution in [0.2, 0.25) is 0 Å². The zero-order chi connectivity index (χ0) is 13.5. The Morgan fingerprint density at radius 3 is 3.11 bits per heavy atom. The van der Waals surface area contributed by atoms with Gasteiger partial charge in [-0.2, -0.15) is 0 Å². The first kappa shape index (κ1) is 14.0. The van der Waals surface area contributed by atoms with Crippen molar-refractivity contribution in [1.29, 1.82) is 0 Å². The molecule has 1 aromatic heterocycles. The molecule has 1 saturated heterocycles. The van der Waals surface area contributed by atoms with Crippen molar-refractivity contribution in [3.8, 4) is 0 Å². The van der Waals surface area contributed by atoms with E-state index in [4.69, 9.17) is 4.74 Å². The summed E-state index contributed by atoms with van der Waals surface area (Å²) in [6.07, 6.45) is 4.45. The maximum atomic E-state index is 12.1. The maximum Gasteiger partial charge on any atom is 0.227 e. The monoisotopic (exact) mass is 267 g/mol. The number of nitrogens with one attached hydrogen (secondary N) is 2. The van der Waals surface area contributed by atoms with E-state index in [1.165, 1.54) is 0 Å². The summed E-state index contributed by atoms with van der Waals surface area (Å²) >= 11 is 0. The molecular weight excluding hydrogens is 246 g/mol. The quantitative estimate of drug-likeness (QED) is 0.690. The number of rotatable bonds is 7. The molecule has 0 bridgehead atoms. The standard InChI is InChI=1S/C12H21N5O2/c1-2-3-13-11-9-19-8-10(11)12(18)14-4-6-17-7-5-15-16-17/h5,7,10-11,13H,2-4,6,8-9H2,1H3,(H,14,18). The molecule has 2 heterocycles. The van der Waals surface area contributed by atoms with Gasteiger partial charge in [0.25, 0.3) is 0 Å². The summed E-state index contributed by atoms with van der Waals surface area (Å²) in [7, 11) is 0. The Hall–Kier alpha value is -1.47. The van der Waals surface area contributed by atoms with Gasteiger partial charge in [-0.15, -0.1) is 5.10 Å². The molecule has 2 unspecified atom stereocenters. The van der Waals surface area contributed by atoms with E-state index in [-0.39, 0.29) is 17.9 Å². The van der Waals surface area contributed by atoms with Gasteiger partial charge in [0.15, 0.2) is 0 Å². The molecule has 0 aromatic carbocycles. The molecule has 7 heteroatoms. The molecular formula is C12H21N5O2. The summed E-state index contributed by atoms with van der Waals surface area (Å²) in [5, 5.41) is 13.8. The second kappa shape index (κ2) is 7.20. The van der Waals surface area contributed by atoms with Gasteiger partial charge in [-0.1, -0.05) is 12.1 Å². The minimum absolute atomic E-state index is 0.0474. The van der Waals surface area contributed by atoms with Crippen LogP contribution in [-0.2, 0) is 16.1 Å². The summed E-state index contributed by atoms with van der Waals surface area (Å²) in [6.45, 7) is 5.32. The summed E-state index contributed by atoms with van der Waals surface area (Å²) in [4.78, 5) is 12.1. The summed E-state index contributed by atoms with van der Waals surface area (Å²) in [5.74, 6) is -0.0477. The van der Waals surface area contributed by atoms with Crippen molar-refractivity contribution in [3.05, 3.63) is 12.4 Å². The smallest absolute Gasteiger partial charge is 0.227 e. The molecule has 1 fully saturated rings. The first-order chi connectivity index (χ1) is 9.31. The molecule has 1 aliphatic rings. The average Bonchev–Trinajstić information content (AvgIpc) is 3.07. The molecule has 1 aromatic rings. The summed E-state index contributed by atoms with van der Waals surface area (Å²) < 4.78 is 7.08. The van der Waals surface area contributed by atoms with Gasteiger partial charge < -0.3 is 15.4 Å². The molecule has 1 amide bonds. The first-order valence-electron chi connectivity index (χ1n) is 6.74. The second-order valence-electron chi connectivity index (χ2n) is 4.66. The minimum Gasteiger partial charge on any atom is -0.379 e. The number of carbonyl (C=O) groups excluding carboxylic acids is 1. The van der Waals surface area contributed by atoms with Crippen LogP contribution in [0.1, 0.15) is 13.3 Å². The van der Waals surface area contributed by atoms with Crippen LogP contribution in [0.5, 0.6) is 0 Å². The van der Waals surface area contributed by atoms with Gasteiger partial charge in [-0.05, 0) is 13.0 Å². The lowest BCUT2D eigenvalue weighted by molar-refractivity contribution is -0.125. The highest BCUT2D eigenvalue weighted by Crippen LogP contribution is 2.13. The Balaban J connectivity index is 1.72. The molecule has 0 aliphatic carbocycles. The van der Waals surface area contributed by atoms with Crippen molar-refractivity contribution in [2.75, 3.05) is 26.3 Å². The second-order valence-corrected chi connectivity index (χ2v) is 4.66. The van der Waals surface area contributed by atoms with E-state index >= 15 is 0 Å². The Kier molecular flexibility index (Phi) is 5.29. The normalized spacial score (nSPS) is 22.6. The van der Waals surface area contributed by atoms with Crippen molar-refractivity contribution < 1.29 is 9.53 Å². The molecule has 0 spiro atoms. The van der Waals surface area contributed by atoms with E-state index in [1.54, 1.807) is 17.1 Å². The zero-order valence-electron chi connectivity index (χ0n) is 11.2. The number of amides is 1. The zero-order valence-corrected chi connectivity index (χ0v) is 11.2. The number of nitrogens with zero attached hydrogens (tertiary/aromatic N) is 3. The van der Waals surface area contributed by atoms with Crippen molar-refractivity contribution in [2.24, 2.45) is 5.92 Å². The van der Waals surface area contributed by atoms with E-state index < -0.39 is 0 Å². The van der Waals surface area contributed by atoms with E-state index in [2.05, 4.69) is 27.9 Å². The molecule has 7 nitrogen and oxygen atoms in total. The molecule has 0 radical (unpaired) electrons. The van der Waals surface area contributed by atoms with E-state index in [0.29, 0.717) is 26.3 Å². The van der Waals surface area contributed by atoms with Crippen LogP contribution in [0.25, 0.3) is 0 Å². The van der Waals surface area contributed by atoms with Gasteiger partial charge in [-0.25, -0.2) is 0 Å². The number of ether oxygens (including phenoxy) is 1. The number of hydrogen-bond acceptors (Lipinski definition) is 5. The lowest BCUT2D eigenvalue weighted by atomic mass is 10.0. The fraction of sp³-hybridized carbons (Fsp3) is 0.750. The van der Waals surface area contributed by atoms with Crippen molar-refractivity contribution in [2.45, 2.75) is 25.9 Å². The highest BCUT2D eigenvalue weighted by atomic mass is 16.5. The topological polar surface area (TPSA) is 81.1 Å². The van der Waals surface area contributed by atoms with Crippen molar-refractivity contribution >= 4 is 5.91 Å². The molecule has 0 saturated carbocycles. The van der Waals surface area contributed by atoms with Gasteiger partial charge >= 0.3 is 0 Å². The number of carbonyl (C=O) groups is 1. The van der Waals surface area contributed by atoms with E-state index in [1.807, 2.05) is 0 Å². The summed E-state index contributed by atoms with van der Waals surface area (Å²) in [6, 6.07) is 0.131. The first-order valence-corrected chi connectivity index (χ1v) is 6.74. The molecule has 2 N–H and O–H groups in total. The third-order valence-electron chi connectivity index (χ3n) is 3.19.